The van der Waals surface area contributed by atoms with Crippen LogP contribution in [0, 0.1) is 34.5 Å². The van der Waals surface area contributed by atoms with Gasteiger partial charge >= 0.3 is 0 Å². The van der Waals surface area contributed by atoms with E-state index in [1.165, 1.54) is 5.57 Å². The third-order valence-corrected chi connectivity index (χ3v) is 9.31. The SMILES string of the molecule is CC(=O)[C@H]1CCC2C3CC=C4CC(OS(=O)(=O)[O-])CC[C@]4(C)C3CC[C@@]21C. The molecular formula is C21H31O5S-. The summed E-state index contributed by atoms with van der Waals surface area (Å²) in [5.41, 5.74) is 1.50. The molecule has 4 aliphatic carbocycles. The van der Waals surface area contributed by atoms with Crippen molar-refractivity contribution < 1.29 is 21.9 Å². The van der Waals surface area contributed by atoms with E-state index in [9.17, 15) is 17.8 Å². The number of carbonyl (C=O) groups excluding carboxylic acids is 1. The maximum absolute atomic E-state index is 12.2. The highest BCUT2D eigenvalue weighted by Gasteiger charge is 2.59. The van der Waals surface area contributed by atoms with Crippen molar-refractivity contribution in [2.75, 3.05) is 0 Å². The van der Waals surface area contributed by atoms with E-state index in [0.717, 1.165) is 38.5 Å². The second kappa shape index (κ2) is 6.39. The van der Waals surface area contributed by atoms with Crippen molar-refractivity contribution in [1.29, 1.82) is 0 Å². The molecular weight excluding hydrogens is 364 g/mol. The van der Waals surface area contributed by atoms with Crippen molar-refractivity contribution >= 4 is 16.2 Å². The van der Waals surface area contributed by atoms with Crippen molar-refractivity contribution in [3.05, 3.63) is 11.6 Å². The molecule has 0 N–H and O–H groups in total. The number of Topliss-reactive ketones (excluding diaryl/α,β-unsaturated/α-hetero) is 1. The number of allylic oxidation sites excluding steroid dienone is 1. The first kappa shape index (κ1) is 19.6. The molecule has 3 saturated carbocycles. The molecule has 4 unspecified atom stereocenters. The van der Waals surface area contributed by atoms with Crippen LogP contribution >= 0.6 is 0 Å². The monoisotopic (exact) mass is 395 g/mol. The molecule has 5 nitrogen and oxygen atoms in total. The Morgan fingerprint density at radius 2 is 1.89 bits per heavy atom. The summed E-state index contributed by atoms with van der Waals surface area (Å²) in [7, 11) is -4.65. The number of carbonyl (C=O) groups is 1. The maximum Gasteiger partial charge on any atom is 0.217 e. The second-order valence-electron chi connectivity index (χ2n) is 9.91. The number of fused-ring (bicyclic) bond motifs is 5. The molecule has 0 radical (unpaired) electrons. The van der Waals surface area contributed by atoms with Crippen molar-refractivity contribution in [3.63, 3.8) is 0 Å². The van der Waals surface area contributed by atoms with Crippen LogP contribution in [0.25, 0.3) is 0 Å². The van der Waals surface area contributed by atoms with E-state index < -0.39 is 16.5 Å². The zero-order valence-electron chi connectivity index (χ0n) is 16.6. The first-order chi connectivity index (χ1) is 12.5. The van der Waals surface area contributed by atoms with Crippen LogP contribution in [0.4, 0.5) is 0 Å². The van der Waals surface area contributed by atoms with Gasteiger partial charge in [-0.05, 0) is 86.9 Å². The molecule has 0 aromatic rings. The van der Waals surface area contributed by atoms with Gasteiger partial charge in [0, 0.05) is 5.92 Å². The van der Waals surface area contributed by atoms with E-state index in [-0.39, 0.29) is 16.7 Å². The highest BCUT2D eigenvalue weighted by molar-refractivity contribution is 7.80. The summed E-state index contributed by atoms with van der Waals surface area (Å²) in [5, 5.41) is 0. The van der Waals surface area contributed by atoms with Gasteiger partial charge in [-0.1, -0.05) is 25.5 Å². The molecule has 0 saturated heterocycles. The first-order valence-electron chi connectivity index (χ1n) is 10.4. The Labute approximate surface area is 162 Å². The van der Waals surface area contributed by atoms with E-state index in [1.807, 2.05) is 0 Å². The Hall–Kier alpha value is -0.720. The average Bonchev–Trinajstić information content (AvgIpc) is 2.91. The van der Waals surface area contributed by atoms with Crippen LogP contribution in [-0.2, 0) is 19.4 Å². The summed E-state index contributed by atoms with van der Waals surface area (Å²) < 4.78 is 37.7. The fourth-order valence-corrected chi connectivity index (χ4v) is 8.04. The molecule has 0 aliphatic heterocycles. The van der Waals surface area contributed by atoms with Gasteiger partial charge < -0.3 is 4.55 Å². The lowest BCUT2D eigenvalue weighted by molar-refractivity contribution is -0.127. The van der Waals surface area contributed by atoms with Crippen LogP contribution in [0.1, 0.15) is 72.1 Å². The Balaban J connectivity index is 1.58. The molecule has 0 aromatic carbocycles. The van der Waals surface area contributed by atoms with Crippen molar-refractivity contribution in [1.82, 2.24) is 0 Å². The van der Waals surface area contributed by atoms with E-state index in [2.05, 4.69) is 19.9 Å². The van der Waals surface area contributed by atoms with Crippen LogP contribution in [0.3, 0.4) is 0 Å². The zero-order valence-corrected chi connectivity index (χ0v) is 17.4. The highest BCUT2D eigenvalue weighted by atomic mass is 32.3. The fraction of sp³-hybridized carbons (Fsp3) is 0.857. The van der Waals surface area contributed by atoms with Crippen LogP contribution in [-0.4, -0.2) is 24.9 Å². The first-order valence-corrected chi connectivity index (χ1v) is 11.7. The van der Waals surface area contributed by atoms with Crippen LogP contribution in [0.2, 0.25) is 0 Å². The van der Waals surface area contributed by atoms with E-state index in [0.29, 0.717) is 36.4 Å². The molecule has 4 aliphatic rings. The molecule has 0 amide bonds. The van der Waals surface area contributed by atoms with Gasteiger partial charge in [0.25, 0.3) is 0 Å². The lowest BCUT2D eigenvalue weighted by Crippen LogP contribution is -2.51. The number of rotatable bonds is 3. The summed E-state index contributed by atoms with van der Waals surface area (Å²) >= 11 is 0. The predicted molar refractivity (Wildman–Crippen MR) is 100 cm³/mol. The number of hydrogen-bond donors (Lipinski definition) is 0. The number of hydrogen-bond acceptors (Lipinski definition) is 5. The van der Waals surface area contributed by atoms with Gasteiger partial charge in [0.2, 0.25) is 10.4 Å². The van der Waals surface area contributed by atoms with Gasteiger partial charge in [0.05, 0.1) is 6.10 Å². The van der Waals surface area contributed by atoms with Crippen molar-refractivity contribution in [2.45, 2.75) is 78.2 Å². The fourth-order valence-electron chi connectivity index (χ4n) is 7.54. The standard InChI is InChI=1S/C21H32O5S/c1-13(22)17-6-7-18-16-5-4-14-12-15(26-27(23,24)25)8-10-20(14,2)19(16)9-11-21(17,18)3/h4,15-19H,5-12H2,1-3H3,(H,23,24,25)/p-1/t15?,16?,17-,18?,19?,20+,21-/m1/s1. The smallest absolute Gasteiger partial charge is 0.217 e. The van der Waals surface area contributed by atoms with Gasteiger partial charge in [-0.25, -0.2) is 8.42 Å². The Kier molecular flexibility index (Phi) is 4.64. The topological polar surface area (TPSA) is 83.5 Å². The summed E-state index contributed by atoms with van der Waals surface area (Å²) in [6, 6.07) is 0. The summed E-state index contributed by atoms with van der Waals surface area (Å²) in [6.45, 7) is 6.44. The van der Waals surface area contributed by atoms with Gasteiger partial charge in [0.1, 0.15) is 5.78 Å². The minimum Gasteiger partial charge on any atom is -0.726 e. The van der Waals surface area contributed by atoms with Gasteiger partial charge in [-0.2, -0.15) is 0 Å². The van der Waals surface area contributed by atoms with Gasteiger partial charge in [-0.3, -0.25) is 8.98 Å². The Morgan fingerprint density at radius 1 is 1.15 bits per heavy atom. The molecule has 3 fully saturated rings. The van der Waals surface area contributed by atoms with E-state index in [4.69, 9.17) is 4.18 Å². The third-order valence-electron chi connectivity index (χ3n) is 8.80. The summed E-state index contributed by atoms with van der Waals surface area (Å²) in [4.78, 5) is 12.2. The number of ketones is 1. The zero-order chi connectivity index (χ0) is 19.6. The normalized spacial score (nSPS) is 46.8. The summed E-state index contributed by atoms with van der Waals surface area (Å²) in [5.74, 6) is 2.38. The third kappa shape index (κ3) is 3.12. The molecule has 6 heteroatoms. The molecule has 0 aromatic heterocycles. The lowest BCUT2D eigenvalue weighted by Gasteiger charge is -2.58. The van der Waals surface area contributed by atoms with Crippen molar-refractivity contribution in [2.24, 2.45) is 34.5 Å². The molecule has 27 heavy (non-hydrogen) atoms. The summed E-state index contributed by atoms with van der Waals surface area (Å²) in [6.07, 6.45) is 9.30. The molecule has 4 rings (SSSR count). The minimum atomic E-state index is -4.65. The van der Waals surface area contributed by atoms with E-state index >= 15 is 0 Å². The van der Waals surface area contributed by atoms with Crippen molar-refractivity contribution in [3.8, 4) is 0 Å². The van der Waals surface area contributed by atoms with Gasteiger partial charge in [-0.15, -0.1) is 0 Å². The molecule has 0 spiro atoms. The second-order valence-corrected chi connectivity index (χ2v) is 10.9. The maximum atomic E-state index is 12.2. The van der Waals surface area contributed by atoms with Gasteiger partial charge in [0.15, 0.2) is 0 Å². The minimum absolute atomic E-state index is 0.0745. The molecule has 7 atom stereocenters. The predicted octanol–water partition coefficient (Wildman–Crippen LogP) is 4.00. The average molecular weight is 396 g/mol. The largest absolute Gasteiger partial charge is 0.726 e. The van der Waals surface area contributed by atoms with E-state index in [1.54, 1.807) is 6.92 Å². The molecule has 152 valence electrons. The lowest BCUT2D eigenvalue weighted by atomic mass is 9.47. The molecule has 0 heterocycles. The van der Waals surface area contributed by atoms with Crippen LogP contribution in [0.5, 0.6) is 0 Å². The Bertz CT molecular complexity index is 771. The van der Waals surface area contributed by atoms with Crippen LogP contribution < -0.4 is 0 Å². The quantitative estimate of drug-likeness (QED) is 0.410. The van der Waals surface area contributed by atoms with Crippen LogP contribution in [0.15, 0.2) is 11.6 Å². The Morgan fingerprint density at radius 3 is 2.56 bits per heavy atom. The highest BCUT2D eigenvalue weighted by Crippen LogP contribution is 2.66. The molecule has 0 bridgehead atoms.